The molecule has 1 heterocycles. The van der Waals surface area contributed by atoms with Gasteiger partial charge in [-0.1, -0.05) is 6.92 Å². The first-order valence-electron chi connectivity index (χ1n) is 8.22. The number of ether oxygens (including phenoxy) is 2. The highest BCUT2D eigenvalue weighted by atomic mass is 16.5. The van der Waals surface area contributed by atoms with Gasteiger partial charge in [0, 0.05) is 6.04 Å². The molecule has 1 saturated carbocycles. The normalized spacial score (nSPS) is 21.9. The van der Waals surface area contributed by atoms with Crippen molar-refractivity contribution in [1.82, 2.24) is 15.5 Å². The predicted octanol–water partition coefficient (Wildman–Crippen LogP) is 3.26. The van der Waals surface area contributed by atoms with E-state index in [1.54, 1.807) is 13.3 Å². The van der Waals surface area contributed by atoms with E-state index in [4.69, 9.17) is 9.47 Å². The second-order valence-corrected chi connectivity index (χ2v) is 5.97. The van der Waals surface area contributed by atoms with Gasteiger partial charge in [0.05, 0.1) is 30.3 Å². The van der Waals surface area contributed by atoms with Crippen molar-refractivity contribution < 1.29 is 9.47 Å². The third-order valence-electron chi connectivity index (χ3n) is 4.39. The fourth-order valence-corrected chi connectivity index (χ4v) is 3.19. The van der Waals surface area contributed by atoms with Crippen LogP contribution in [0.2, 0.25) is 0 Å². The van der Waals surface area contributed by atoms with Crippen LogP contribution in [0.5, 0.6) is 11.5 Å². The van der Waals surface area contributed by atoms with Gasteiger partial charge >= 0.3 is 0 Å². The summed E-state index contributed by atoms with van der Waals surface area (Å²) in [6.45, 7) is 3.32. The summed E-state index contributed by atoms with van der Waals surface area (Å²) in [4.78, 5) is 0. The van der Waals surface area contributed by atoms with E-state index in [0.717, 1.165) is 41.8 Å². The Kier molecular flexibility index (Phi) is 4.83. The van der Waals surface area contributed by atoms with Crippen LogP contribution >= 0.6 is 0 Å². The molecule has 22 heavy (non-hydrogen) atoms. The van der Waals surface area contributed by atoms with Crippen LogP contribution in [0.4, 0.5) is 0 Å². The van der Waals surface area contributed by atoms with E-state index in [9.17, 15) is 0 Å². The zero-order valence-corrected chi connectivity index (χ0v) is 13.4. The minimum absolute atomic E-state index is 0.276. The van der Waals surface area contributed by atoms with Crippen LogP contribution in [0.1, 0.15) is 39.0 Å². The van der Waals surface area contributed by atoms with Crippen LogP contribution in [-0.2, 0) is 0 Å². The zero-order valence-electron chi connectivity index (χ0n) is 13.4. The molecule has 3 rings (SSSR count). The minimum atomic E-state index is 0.276. The molecule has 0 aliphatic heterocycles. The van der Waals surface area contributed by atoms with Gasteiger partial charge in [0.1, 0.15) is 0 Å². The first-order valence-corrected chi connectivity index (χ1v) is 8.22. The van der Waals surface area contributed by atoms with E-state index in [0.29, 0.717) is 6.04 Å². The Labute approximate surface area is 131 Å². The summed E-state index contributed by atoms with van der Waals surface area (Å²) in [5, 5.41) is 11.6. The number of nitrogens with zero attached hydrogens (tertiary/aromatic N) is 1. The second kappa shape index (κ2) is 7.01. The van der Waals surface area contributed by atoms with Gasteiger partial charge < -0.3 is 14.8 Å². The number of aromatic amines is 1. The Morgan fingerprint density at radius 1 is 1.27 bits per heavy atom. The molecule has 1 aliphatic carbocycles. The van der Waals surface area contributed by atoms with E-state index in [1.807, 2.05) is 12.1 Å². The number of hydrogen-bond donors (Lipinski definition) is 2. The Bertz CT molecular complexity index is 603. The van der Waals surface area contributed by atoms with E-state index in [1.165, 1.54) is 19.3 Å². The maximum absolute atomic E-state index is 6.21. The summed E-state index contributed by atoms with van der Waals surface area (Å²) in [5.41, 5.74) is 0.969. The molecule has 0 unspecified atom stereocenters. The molecule has 5 nitrogen and oxygen atoms in total. The number of hydrogen-bond acceptors (Lipinski definition) is 4. The van der Waals surface area contributed by atoms with Crippen molar-refractivity contribution in [3.05, 3.63) is 18.3 Å². The summed E-state index contributed by atoms with van der Waals surface area (Å²) in [7, 11) is 1.68. The monoisotopic (exact) mass is 303 g/mol. The van der Waals surface area contributed by atoms with Crippen LogP contribution < -0.4 is 14.8 Å². The fraction of sp³-hybridized carbons (Fsp3) is 0.588. The van der Waals surface area contributed by atoms with Gasteiger partial charge in [-0.2, -0.15) is 5.10 Å². The molecule has 0 spiro atoms. The van der Waals surface area contributed by atoms with Crippen LogP contribution in [-0.4, -0.2) is 36.0 Å². The quantitative estimate of drug-likeness (QED) is 0.860. The predicted molar refractivity (Wildman–Crippen MR) is 87.6 cm³/mol. The molecule has 0 saturated heterocycles. The van der Waals surface area contributed by atoms with Gasteiger partial charge in [0.15, 0.2) is 11.5 Å². The number of methoxy groups -OCH3 is 1. The van der Waals surface area contributed by atoms with Gasteiger partial charge in [-0.3, -0.25) is 5.10 Å². The number of H-pyrrole nitrogens is 1. The lowest BCUT2D eigenvalue weighted by molar-refractivity contribution is 0.135. The maximum atomic E-state index is 6.21. The summed E-state index contributed by atoms with van der Waals surface area (Å²) < 4.78 is 11.7. The van der Waals surface area contributed by atoms with E-state index in [2.05, 4.69) is 22.4 Å². The summed E-state index contributed by atoms with van der Waals surface area (Å²) in [6, 6.07) is 4.62. The molecule has 1 aromatic carbocycles. The van der Waals surface area contributed by atoms with Gasteiger partial charge in [0.25, 0.3) is 0 Å². The van der Waals surface area contributed by atoms with Gasteiger partial charge in [0.2, 0.25) is 0 Å². The maximum Gasteiger partial charge on any atom is 0.171 e. The summed E-state index contributed by atoms with van der Waals surface area (Å²) in [5.74, 6) is 1.60. The lowest BCUT2D eigenvalue weighted by atomic mass is 9.93. The highest BCUT2D eigenvalue weighted by molar-refractivity contribution is 5.87. The fourth-order valence-electron chi connectivity index (χ4n) is 3.19. The number of fused-ring (bicyclic) bond motifs is 1. The topological polar surface area (TPSA) is 59.2 Å². The van der Waals surface area contributed by atoms with Crippen molar-refractivity contribution in [3.8, 4) is 11.5 Å². The number of nitrogens with one attached hydrogen (secondary N) is 2. The smallest absolute Gasteiger partial charge is 0.171 e. The lowest BCUT2D eigenvalue weighted by Gasteiger charge is -2.30. The Hall–Kier alpha value is -1.75. The first kappa shape index (κ1) is 15.2. The number of aromatic nitrogens is 2. The molecular formula is C17H25N3O2. The molecule has 2 N–H and O–H groups in total. The lowest BCUT2D eigenvalue weighted by Crippen LogP contribution is -2.36. The van der Waals surface area contributed by atoms with Crippen LogP contribution in [0, 0.1) is 0 Å². The Balaban J connectivity index is 1.64. The largest absolute Gasteiger partial charge is 0.492 e. The highest BCUT2D eigenvalue weighted by Gasteiger charge is 2.23. The molecule has 5 heteroatoms. The van der Waals surface area contributed by atoms with Crippen LogP contribution in [0.25, 0.3) is 10.9 Å². The van der Waals surface area contributed by atoms with Gasteiger partial charge in [-0.25, -0.2) is 0 Å². The average Bonchev–Trinajstić information content (AvgIpc) is 3.02. The average molecular weight is 303 g/mol. The SMILES string of the molecule is CCCNC1CCC(Oc2ccc3[nH]ncc3c2OC)CC1. The molecule has 0 bridgehead atoms. The number of rotatable bonds is 6. The van der Waals surface area contributed by atoms with Gasteiger partial charge in [-0.05, 0) is 50.8 Å². The molecule has 1 aromatic heterocycles. The first-order chi connectivity index (χ1) is 10.8. The Morgan fingerprint density at radius 2 is 2.09 bits per heavy atom. The van der Waals surface area contributed by atoms with Crippen molar-refractivity contribution in [3.63, 3.8) is 0 Å². The molecule has 2 aromatic rings. The molecule has 0 radical (unpaired) electrons. The van der Waals surface area contributed by atoms with Crippen LogP contribution in [0.15, 0.2) is 18.3 Å². The summed E-state index contributed by atoms with van der Waals surface area (Å²) in [6.07, 6.45) is 7.80. The van der Waals surface area contributed by atoms with Crippen molar-refractivity contribution in [2.75, 3.05) is 13.7 Å². The van der Waals surface area contributed by atoms with Gasteiger partial charge in [-0.15, -0.1) is 0 Å². The van der Waals surface area contributed by atoms with Crippen molar-refractivity contribution in [1.29, 1.82) is 0 Å². The third-order valence-corrected chi connectivity index (χ3v) is 4.39. The second-order valence-electron chi connectivity index (χ2n) is 5.97. The molecular weight excluding hydrogens is 278 g/mol. The third kappa shape index (κ3) is 3.19. The molecule has 1 aliphatic rings. The zero-order chi connectivity index (χ0) is 15.4. The van der Waals surface area contributed by atoms with E-state index in [-0.39, 0.29) is 6.10 Å². The summed E-state index contributed by atoms with van der Waals surface area (Å²) >= 11 is 0. The number of benzene rings is 1. The van der Waals surface area contributed by atoms with Crippen LogP contribution in [0.3, 0.4) is 0 Å². The standard InChI is InChI=1S/C17H25N3O2/c1-3-10-18-12-4-6-13(7-5-12)22-16-9-8-15-14(11-19-20-15)17(16)21-2/h8-9,11-13,18H,3-7,10H2,1-2H3,(H,19,20). The van der Waals surface area contributed by atoms with Crippen molar-refractivity contribution in [2.24, 2.45) is 0 Å². The van der Waals surface area contributed by atoms with E-state index < -0.39 is 0 Å². The van der Waals surface area contributed by atoms with E-state index >= 15 is 0 Å². The molecule has 120 valence electrons. The van der Waals surface area contributed by atoms with Crippen molar-refractivity contribution >= 4 is 10.9 Å². The molecule has 1 fully saturated rings. The minimum Gasteiger partial charge on any atom is -0.492 e. The molecule has 0 atom stereocenters. The van der Waals surface area contributed by atoms with Crippen molar-refractivity contribution in [2.45, 2.75) is 51.2 Å². The Morgan fingerprint density at radius 3 is 2.82 bits per heavy atom. The molecule has 0 amide bonds. The highest BCUT2D eigenvalue weighted by Crippen LogP contribution is 2.36.